The number of likely N-dealkylation sites (tertiary alicyclic amines) is 1. The quantitative estimate of drug-likeness (QED) is 0.801. The summed E-state index contributed by atoms with van der Waals surface area (Å²) in [7, 11) is 0. The molecule has 1 aliphatic heterocycles. The number of hydrogen-bond acceptors (Lipinski definition) is 4. The van der Waals surface area contributed by atoms with Crippen LogP contribution in [0.1, 0.15) is 24.2 Å². The number of aromatic nitrogens is 2. The van der Waals surface area contributed by atoms with Gasteiger partial charge in [0.1, 0.15) is 10.5 Å². The lowest BCUT2D eigenvalue weighted by molar-refractivity contribution is 0.238. The molecule has 1 N–H and O–H groups in total. The molecule has 1 atom stereocenters. The molecule has 1 aromatic carbocycles. The Labute approximate surface area is 138 Å². The van der Waals surface area contributed by atoms with E-state index in [1.165, 1.54) is 29.7 Å². The van der Waals surface area contributed by atoms with Gasteiger partial charge in [-0.3, -0.25) is 9.69 Å². The molecule has 0 bridgehead atoms. The van der Waals surface area contributed by atoms with Crippen molar-refractivity contribution in [1.29, 1.82) is 0 Å². The molecule has 0 radical (unpaired) electrons. The van der Waals surface area contributed by atoms with Gasteiger partial charge in [-0.15, -0.1) is 11.3 Å². The van der Waals surface area contributed by atoms with Crippen LogP contribution in [0.4, 0.5) is 0 Å². The first-order valence-electron chi connectivity index (χ1n) is 8.04. The number of nitrogens with zero attached hydrogens (tertiary/aromatic N) is 2. The largest absolute Gasteiger partial charge is 0.308 e. The zero-order chi connectivity index (χ0) is 15.6. The van der Waals surface area contributed by atoms with E-state index in [0.717, 1.165) is 35.6 Å². The zero-order valence-electron chi connectivity index (χ0n) is 12.9. The van der Waals surface area contributed by atoms with E-state index in [2.05, 4.69) is 45.2 Å². The first kappa shape index (κ1) is 14.6. The van der Waals surface area contributed by atoms with Gasteiger partial charge in [-0.05, 0) is 42.8 Å². The SMILES string of the molecule is O=c1[nH]c(CN2CCC[C@@H]2Cc2ccccc2)nc2ccsc12. The molecule has 0 saturated carbocycles. The van der Waals surface area contributed by atoms with Gasteiger partial charge in [-0.2, -0.15) is 0 Å². The van der Waals surface area contributed by atoms with Crippen LogP contribution in [0.25, 0.3) is 10.2 Å². The van der Waals surface area contributed by atoms with E-state index < -0.39 is 0 Å². The number of thiophene rings is 1. The molecule has 4 rings (SSSR count). The molecule has 118 valence electrons. The van der Waals surface area contributed by atoms with Crippen LogP contribution in [0.15, 0.2) is 46.6 Å². The molecule has 1 saturated heterocycles. The molecule has 1 fully saturated rings. The Morgan fingerprint density at radius 1 is 1.26 bits per heavy atom. The lowest BCUT2D eigenvalue weighted by atomic mass is 10.0. The van der Waals surface area contributed by atoms with Crippen molar-refractivity contribution in [3.63, 3.8) is 0 Å². The van der Waals surface area contributed by atoms with Crippen LogP contribution in [0.3, 0.4) is 0 Å². The Balaban J connectivity index is 1.53. The molecule has 0 aliphatic carbocycles. The Kier molecular flexibility index (Phi) is 3.97. The van der Waals surface area contributed by atoms with Crippen molar-refractivity contribution in [2.24, 2.45) is 0 Å². The van der Waals surface area contributed by atoms with Gasteiger partial charge in [0.15, 0.2) is 0 Å². The Hall–Kier alpha value is -1.98. The van der Waals surface area contributed by atoms with Gasteiger partial charge in [-0.1, -0.05) is 30.3 Å². The fourth-order valence-electron chi connectivity index (χ4n) is 3.41. The molecule has 3 heterocycles. The maximum Gasteiger partial charge on any atom is 0.268 e. The van der Waals surface area contributed by atoms with E-state index >= 15 is 0 Å². The fraction of sp³-hybridized carbons (Fsp3) is 0.333. The average molecular weight is 325 g/mol. The molecule has 2 aromatic heterocycles. The van der Waals surface area contributed by atoms with Crippen LogP contribution in [0, 0.1) is 0 Å². The third-order valence-corrected chi connectivity index (χ3v) is 5.43. The van der Waals surface area contributed by atoms with E-state index in [1.807, 2.05) is 11.4 Å². The highest BCUT2D eigenvalue weighted by Gasteiger charge is 2.25. The van der Waals surface area contributed by atoms with Crippen molar-refractivity contribution in [2.45, 2.75) is 31.8 Å². The van der Waals surface area contributed by atoms with Crippen LogP contribution in [-0.4, -0.2) is 27.5 Å². The van der Waals surface area contributed by atoms with E-state index in [4.69, 9.17) is 0 Å². The number of hydrogen-bond donors (Lipinski definition) is 1. The Bertz CT molecular complexity index is 855. The zero-order valence-corrected chi connectivity index (χ0v) is 13.7. The highest BCUT2D eigenvalue weighted by molar-refractivity contribution is 7.17. The third kappa shape index (κ3) is 3.07. The molecule has 23 heavy (non-hydrogen) atoms. The molecule has 3 aromatic rings. The second-order valence-corrected chi connectivity index (χ2v) is 7.02. The van der Waals surface area contributed by atoms with Crippen molar-refractivity contribution >= 4 is 21.6 Å². The molecule has 0 spiro atoms. The summed E-state index contributed by atoms with van der Waals surface area (Å²) in [6.45, 7) is 1.79. The topological polar surface area (TPSA) is 49.0 Å². The summed E-state index contributed by atoms with van der Waals surface area (Å²) in [5.74, 6) is 0.779. The van der Waals surface area contributed by atoms with Crippen molar-refractivity contribution in [3.05, 3.63) is 63.5 Å². The normalized spacial score (nSPS) is 18.7. The van der Waals surface area contributed by atoms with Crippen molar-refractivity contribution in [1.82, 2.24) is 14.9 Å². The van der Waals surface area contributed by atoms with E-state index in [9.17, 15) is 4.79 Å². The summed E-state index contributed by atoms with van der Waals surface area (Å²) < 4.78 is 0.719. The summed E-state index contributed by atoms with van der Waals surface area (Å²) in [4.78, 5) is 22.1. The highest BCUT2D eigenvalue weighted by atomic mass is 32.1. The lowest BCUT2D eigenvalue weighted by Gasteiger charge is -2.24. The van der Waals surface area contributed by atoms with Crippen LogP contribution < -0.4 is 5.56 Å². The van der Waals surface area contributed by atoms with Crippen LogP contribution >= 0.6 is 11.3 Å². The molecule has 0 amide bonds. The van der Waals surface area contributed by atoms with Crippen LogP contribution in [0.2, 0.25) is 0 Å². The maximum absolute atomic E-state index is 12.1. The van der Waals surface area contributed by atoms with Gasteiger partial charge in [0.2, 0.25) is 0 Å². The van der Waals surface area contributed by atoms with Gasteiger partial charge in [-0.25, -0.2) is 4.98 Å². The lowest BCUT2D eigenvalue weighted by Crippen LogP contribution is -2.32. The number of H-pyrrole nitrogens is 1. The van der Waals surface area contributed by atoms with Gasteiger partial charge in [0.25, 0.3) is 5.56 Å². The van der Waals surface area contributed by atoms with Gasteiger partial charge < -0.3 is 4.98 Å². The smallest absolute Gasteiger partial charge is 0.268 e. The molecular weight excluding hydrogens is 306 g/mol. The predicted octanol–water partition coefficient (Wildman–Crippen LogP) is 3.19. The minimum atomic E-state index is -0.0150. The van der Waals surface area contributed by atoms with Gasteiger partial charge in [0, 0.05) is 6.04 Å². The minimum Gasteiger partial charge on any atom is -0.308 e. The Morgan fingerprint density at radius 3 is 3.00 bits per heavy atom. The van der Waals surface area contributed by atoms with E-state index in [-0.39, 0.29) is 5.56 Å². The molecule has 5 heteroatoms. The Morgan fingerprint density at radius 2 is 2.13 bits per heavy atom. The summed E-state index contributed by atoms with van der Waals surface area (Å²) in [5, 5.41) is 1.92. The minimum absolute atomic E-state index is 0.0150. The monoisotopic (exact) mass is 325 g/mol. The van der Waals surface area contributed by atoms with Gasteiger partial charge >= 0.3 is 0 Å². The second kappa shape index (κ2) is 6.26. The van der Waals surface area contributed by atoms with E-state index in [1.54, 1.807) is 0 Å². The standard InChI is InChI=1S/C18H19N3OS/c22-18-17-15(8-10-23-17)19-16(20-18)12-21-9-4-7-14(21)11-13-5-2-1-3-6-13/h1-3,5-6,8,10,14H,4,7,9,11-12H2,(H,19,20,22)/t14-/m1/s1. The molecule has 1 aliphatic rings. The average Bonchev–Trinajstić information content (AvgIpc) is 3.19. The number of rotatable bonds is 4. The van der Waals surface area contributed by atoms with Crippen molar-refractivity contribution < 1.29 is 0 Å². The first-order chi connectivity index (χ1) is 11.3. The molecule has 0 unspecified atom stereocenters. The van der Waals surface area contributed by atoms with Gasteiger partial charge in [0.05, 0.1) is 12.1 Å². The maximum atomic E-state index is 12.1. The fourth-order valence-corrected chi connectivity index (χ4v) is 4.14. The third-order valence-electron chi connectivity index (χ3n) is 4.53. The number of nitrogens with one attached hydrogen (secondary N) is 1. The summed E-state index contributed by atoms with van der Waals surface area (Å²) in [6.07, 6.45) is 3.48. The molecule has 4 nitrogen and oxygen atoms in total. The predicted molar refractivity (Wildman–Crippen MR) is 93.8 cm³/mol. The van der Waals surface area contributed by atoms with E-state index in [0.29, 0.717) is 6.04 Å². The molecular formula is C18H19N3OS. The summed E-state index contributed by atoms with van der Waals surface area (Å²) >= 11 is 1.45. The number of aromatic amines is 1. The second-order valence-electron chi connectivity index (χ2n) is 6.10. The number of benzene rings is 1. The summed E-state index contributed by atoms with van der Waals surface area (Å²) in [5.41, 5.74) is 2.17. The highest BCUT2D eigenvalue weighted by Crippen LogP contribution is 2.23. The summed E-state index contributed by atoms with van der Waals surface area (Å²) in [6, 6.07) is 13.1. The first-order valence-corrected chi connectivity index (χ1v) is 8.92. The van der Waals surface area contributed by atoms with Crippen molar-refractivity contribution in [3.8, 4) is 0 Å². The van der Waals surface area contributed by atoms with Crippen molar-refractivity contribution in [2.75, 3.05) is 6.54 Å². The van der Waals surface area contributed by atoms with Crippen LogP contribution in [-0.2, 0) is 13.0 Å². The number of fused-ring (bicyclic) bond motifs is 1. The van der Waals surface area contributed by atoms with Crippen LogP contribution in [0.5, 0.6) is 0 Å².